The molecule has 1 aromatic heterocycles. The van der Waals surface area contributed by atoms with Gasteiger partial charge in [0.15, 0.2) is 11.3 Å². The van der Waals surface area contributed by atoms with E-state index in [1.54, 1.807) is 20.3 Å². The Labute approximate surface area is 102 Å². The highest BCUT2D eigenvalue weighted by atomic mass is 79.9. The highest BCUT2D eigenvalue weighted by molar-refractivity contribution is 9.10. The molecule has 0 aliphatic heterocycles. The van der Waals surface area contributed by atoms with Crippen molar-refractivity contribution in [1.82, 2.24) is 0 Å². The topological polar surface area (TPSA) is 42.6 Å². The van der Waals surface area contributed by atoms with Crippen LogP contribution in [0.15, 0.2) is 27.3 Å². The molecule has 0 amide bonds. The van der Waals surface area contributed by atoms with Gasteiger partial charge in [-0.25, -0.2) is 0 Å². The van der Waals surface area contributed by atoms with Gasteiger partial charge < -0.3 is 14.3 Å². The van der Waals surface area contributed by atoms with Crippen LogP contribution in [0, 0.1) is 0 Å². The Morgan fingerprint density at radius 1 is 1.56 bits per heavy atom. The van der Waals surface area contributed by atoms with Crippen LogP contribution in [-0.4, -0.2) is 18.3 Å². The van der Waals surface area contributed by atoms with Gasteiger partial charge in [-0.3, -0.25) is 0 Å². The second-order valence-electron chi connectivity index (χ2n) is 3.77. The lowest BCUT2D eigenvalue weighted by atomic mass is 10.1. The molecule has 86 valence electrons. The van der Waals surface area contributed by atoms with Gasteiger partial charge in [0, 0.05) is 9.86 Å². The third kappa shape index (κ3) is 1.95. The SMILES string of the molecule is COc1cc(CC(C)O)c(Br)c2ccoc12. The smallest absolute Gasteiger partial charge is 0.176 e. The van der Waals surface area contributed by atoms with Crippen LogP contribution in [0.4, 0.5) is 0 Å². The van der Waals surface area contributed by atoms with Crippen molar-refractivity contribution in [1.29, 1.82) is 0 Å². The Morgan fingerprint density at radius 3 is 2.94 bits per heavy atom. The van der Waals surface area contributed by atoms with Crippen molar-refractivity contribution in [2.75, 3.05) is 7.11 Å². The van der Waals surface area contributed by atoms with Crippen LogP contribution in [0.2, 0.25) is 0 Å². The normalized spacial score (nSPS) is 13.0. The van der Waals surface area contributed by atoms with E-state index in [0.29, 0.717) is 12.2 Å². The summed E-state index contributed by atoms with van der Waals surface area (Å²) in [5.41, 5.74) is 1.74. The minimum Gasteiger partial charge on any atom is -0.493 e. The summed E-state index contributed by atoms with van der Waals surface area (Å²) < 4.78 is 11.6. The average Bonchev–Trinajstić information content (AvgIpc) is 2.70. The molecule has 16 heavy (non-hydrogen) atoms. The van der Waals surface area contributed by atoms with Crippen molar-refractivity contribution in [3.05, 3.63) is 28.4 Å². The van der Waals surface area contributed by atoms with Crippen molar-refractivity contribution in [3.8, 4) is 5.75 Å². The van der Waals surface area contributed by atoms with Crippen LogP contribution in [0.25, 0.3) is 11.0 Å². The zero-order valence-electron chi connectivity index (χ0n) is 9.16. The zero-order valence-corrected chi connectivity index (χ0v) is 10.7. The summed E-state index contributed by atoms with van der Waals surface area (Å²) in [4.78, 5) is 0. The fourth-order valence-corrected chi connectivity index (χ4v) is 2.34. The molecule has 0 aliphatic rings. The molecule has 0 saturated carbocycles. The van der Waals surface area contributed by atoms with Gasteiger partial charge in [0.2, 0.25) is 0 Å². The van der Waals surface area contributed by atoms with Crippen molar-refractivity contribution in [2.24, 2.45) is 0 Å². The van der Waals surface area contributed by atoms with Crippen molar-refractivity contribution in [3.63, 3.8) is 0 Å². The fraction of sp³-hybridized carbons (Fsp3) is 0.333. The zero-order chi connectivity index (χ0) is 11.7. The molecule has 1 heterocycles. The van der Waals surface area contributed by atoms with Gasteiger partial charge in [-0.15, -0.1) is 0 Å². The maximum atomic E-state index is 9.43. The maximum absolute atomic E-state index is 9.43. The number of ether oxygens (including phenoxy) is 1. The van der Waals surface area contributed by atoms with Crippen molar-refractivity contribution in [2.45, 2.75) is 19.4 Å². The highest BCUT2D eigenvalue weighted by Gasteiger charge is 2.14. The molecule has 0 bridgehead atoms. The van der Waals surface area contributed by atoms with Gasteiger partial charge >= 0.3 is 0 Å². The summed E-state index contributed by atoms with van der Waals surface area (Å²) in [6, 6.07) is 3.77. The molecule has 1 atom stereocenters. The molecule has 2 rings (SSSR count). The van der Waals surface area contributed by atoms with Crippen LogP contribution >= 0.6 is 15.9 Å². The van der Waals surface area contributed by atoms with E-state index in [0.717, 1.165) is 21.0 Å². The Bertz CT molecular complexity index is 502. The molecule has 0 aliphatic carbocycles. The largest absolute Gasteiger partial charge is 0.493 e. The summed E-state index contributed by atoms with van der Waals surface area (Å²) in [5, 5.41) is 10.4. The van der Waals surface area contributed by atoms with Crippen LogP contribution in [0.1, 0.15) is 12.5 Å². The molecule has 0 radical (unpaired) electrons. The predicted molar refractivity (Wildman–Crippen MR) is 65.9 cm³/mol. The third-order valence-corrected chi connectivity index (χ3v) is 3.38. The number of hydrogen-bond acceptors (Lipinski definition) is 3. The van der Waals surface area contributed by atoms with E-state index in [9.17, 15) is 5.11 Å². The van der Waals surface area contributed by atoms with Crippen LogP contribution in [-0.2, 0) is 6.42 Å². The van der Waals surface area contributed by atoms with Crippen LogP contribution < -0.4 is 4.74 Å². The number of aliphatic hydroxyl groups excluding tert-OH is 1. The Balaban J connectivity index is 2.61. The van der Waals surface area contributed by atoms with Gasteiger partial charge in [-0.2, -0.15) is 0 Å². The number of furan rings is 1. The third-order valence-electron chi connectivity index (χ3n) is 2.45. The molecule has 2 aromatic rings. The molecule has 0 fully saturated rings. The number of rotatable bonds is 3. The minimum absolute atomic E-state index is 0.384. The molecular formula is C12H13BrO3. The number of benzene rings is 1. The number of halogens is 1. The molecule has 1 aromatic carbocycles. The summed E-state index contributed by atoms with van der Waals surface area (Å²) in [6.07, 6.45) is 1.83. The Kier molecular flexibility index (Phi) is 3.21. The molecule has 1 N–H and O–H groups in total. The lowest BCUT2D eigenvalue weighted by Gasteiger charge is -2.10. The van der Waals surface area contributed by atoms with Crippen molar-refractivity contribution < 1.29 is 14.3 Å². The quantitative estimate of drug-likeness (QED) is 0.942. The summed E-state index contributed by atoms with van der Waals surface area (Å²) in [5.74, 6) is 0.693. The maximum Gasteiger partial charge on any atom is 0.176 e. The van der Waals surface area contributed by atoms with Crippen molar-refractivity contribution >= 4 is 26.9 Å². The van der Waals surface area contributed by atoms with Gasteiger partial charge in [0.25, 0.3) is 0 Å². The van der Waals surface area contributed by atoms with Gasteiger partial charge in [-0.1, -0.05) is 0 Å². The molecular weight excluding hydrogens is 272 g/mol. The summed E-state index contributed by atoms with van der Waals surface area (Å²) >= 11 is 3.53. The van der Waals surface area contributed by atoms with Gasteiger partial charge in [0.1, 0.15) is 0 Å². The second kappa shape index (κ2) is 4.47. The van der Waals surface area contributed by atoms with E-state index in [4.69, 9.17) is 9.15 Å². The average molecular weight is 285 g/mol. The summed E-state index contributed by atoms with van der Waals surface area (Å²) in [6.45, 7) is 1.76. The van der Waals surface area contributed by atoms with E-state index < -0.39 is 0 Å². The van der Waals surface area contributed by atoms with E-state index in [1.165, 1.54) is 0 Å². The number of methoxy groups -OCH3 is 1. The number of hydrogen-bond donors (Lipinski definition) is 1. The van der Waals surface area contributed by atoms with Crippen LogP contribution in [0.3, 0.4) is 0 Å². The monoisotopic (exact) mass is 284 g/mol. The van der Waals surface area contributed by atoms with Gasteiger partial charge in [-0.05, 0) is 47.0 Å². The lowest BCUT2D eigenvalue weighted by Crippen LogP contribution is -2.05. The Hall–Kier alpha value is -1.00. The van der Waals surface area contributed by atoms with E-state index in [2.05, 4.69) is 15.9 Å². The van der Waals surface area contributed by atoms with Crippen LogP contribution in [0.5, 0.6) is 5.75 Å². The van der Waals surface area contributed by atoms with E-state index in [1.807, 2.05) is 12.1 Å². The number of aliphatic hydroxyl groups is 1. The first-order chi connectivity index (χ1) is 7.63. The predicted octanol–water partition coefficient (Wildman–Crippen LogP) is 3.13. The molecule has 1 unspecified atom stereocenters. The minimum atomic E-state index is -0.384. The van der Waals surface area contributed by atoms with E-state index in [-0.39, 0.29) is 6.10 Å². The lowest BCUT2D eigenvalue weighted by molar-refractivity contribution is 0.195. The molecule has 0 saturated heterocycles. The first-order valence-corrected chi connectivity index (χ1v) is 5.83. The summed E-state index contributed by atoms with van der Waals surface area (Å²) in [7, 11) is 1.61. The molecule has 3 nitrogen and oxygen atoms in total. The first kappa shape index (κ1) is 11.5. The highest BCUT2D eigenvalue weighted by Crippen LogP contribution is 2.36. The molecule has 4 heteroatoms. The first-order valence-electron chi connectivity index (χ1n) is 5.04. The fourth-order valence-electron chi connectivity index (χ4n) is 1.75. The number of fused-ring (bicyclic) bond motifs is 1. The van der Waals surface area contributed by atoms with Gasteiger partial charge in [0.05, 0.1) is 19.5 Å². The molecule has 0 spiro atoms. The van der Waals surface area contributed by atoms with E-state index >= 15 is 0 Å². The second-order valence-corrected chi connectivity index (χ2v) is 4.56. The Morgan fingerprint density at radius 2 is 2.31 bits per heavy atom. The standard InChI is InChI=1S/C12H13BrO3/c1-7(14)5-8-6-10(15-2)12-9(11(8)13)3-4-16-12/h3-4,6-7,14H,5H2,1-2H3.